The second-order valence-electron chi connectivity index (χ2n) is 9.89. The Kier molecular flexibility index (Phi) is 8.94. The number of unbranched alkanes of at least 4 members (excludes halogenated alkanes) is 1. The normalized spacial score (nSPS) is 20.7. The summed E-state index contributed by atoms with van der Waals surface area (Å²) in [6.07, 6.45) is 2.47. The van der Waals surface area contributed by atoms with E-state index >= 15 is 0 Å². The van der Waals surface area contributed by atoms with Crippen LogP contribution in [-0.4, -0.2) is 50.0 Å². The second-order valence-corrected chi connectivity index (χ2v) is 9.89. The van der Waals surface area contributed by atoms with E-state index in [1.165, 1.54) is 0 Å². The van der Waals surface area contributed by atoms with Crippen molar-refractivity contribution in [2.24, 2.45) is 10.9 Å². The third-order valence-electron chi connectivity index (χ3n) is 7.41. The lowest BCUT2D eigenvalue weighted by Gasteiger charge is -2.36. The molecule has 1 heterocycles. The summed E-state index contributed by atoms with van der Waals surface area (Å²) in [5, 5.41) is 10.3. The minimum absolute atomic E-state index is 0.00145. The number of phenolic OH excluding ortho intramolecular Hbond substituents is 1. The van der Waals surface area contributed by atoms with Crippen LogP contribution in [0.3, 0.4) is 0 Å². The van der Waals surface area contributed by atoms with Gasteiger partial charge in [0.15, 0.2) is 28.8 Å². The number of carbonyl (C=O) groups is 2. The molecule has 8 heteroatoms. The molecule has 39 heavy (non-hydrogen) atoms. The van der Waals surface area contributed by atoms with Crippen LogP contribution in [0.2, 0.25) is 0 Å². The van der Waals surface area contributed by atoms with Gasteiger partial charge in [-0.05, 0) is 68.0 Å². The summed E-state index contributed by atoms with van der Waals surface area (Å²) in [6.45, 7) is 6.35. The molecule has 1 aliphatic heterocycles. The number of ketones is 1. The minimum atomic E-state index is -0.749. The van der Waals surface area contributed by atoms with Gasteiger partial charge in [0.1, 0.15) is 5.92 Å². The molecule has 1 aliphatic carbocycles. The van der Waals surface area contributed by atoms with Gasteiger partial charge in [0.25, 0.3) is 0 Å². The maximum absolute atomic E-state index is 13.9. The number of nitrogens with zero attached hydrogens (tertiary/aromatic N) is 1. The predicted molar refractivity (Wildman–Crippen MR) is 148 cm³/mol. The molecule has 0 fully saturated rings. The lowest BCUT2D eigenvalue weighted by molar-refractivity contribution is -0.146. The maximum Gasteiger partial charge on any atom is 0.315 e. The molecule has 2 aromatic rings. The Morgan fingerprint density at radius 1 is 1.00 bits per heavy atom. The van der Waals surface area contributed by atoms with Gasteiger partial charge in [0.05, 0.1) is 27.4 Å². The first kappa shape index (κ1) is 28.2. The van der Waals surface area contributed by atoms with Crippen molar-refractivity contribution in [2.45, 2.75) is 58.3 Å². The van der Waals surface area contributed by atoms with Gasteiger partial charge in [-0.25, -0.2) is 0 Å². The van der Waals surface area contributed by atoms with Crippen LogP contribution in [0.25, 0.3) is 0 Å². The average molecular weight is 536 g/mol. The third kappa shape index (κ3) is 5.79. The molecule has 3 atom stereocenters. The monoisotopic (exact) mass is 535 g/mol. The molecule has 0 radical (unpaired) electrons. The smallest absolute Gasteiger partial charge is 0.315 e. The van der Waals surface area contributed by atoms with Crippen molar-refractivity contribution in [1.29, 1.82) is 0 Å². The van der Waals surface area contributed by atoms with E-state index in [1.54, 1.807) is 32.4 Å². The topological polar surface area (TPSA) is 104 Å². The standard InChI is InChI=1S/C31H37NO7/c1-6-8-13-39-31(35)28-18(3)32-22-14-21(19-10-12-25(36-4)27(16-19)37-5)15-24(34)30(22)29(28)20-9-11-23(33)26(17-20)38-7-2/h9-12,16-17,21,28-29,33H,6-8,13-15H2,1-5H3/t21-,28?,29+/m1/s1. The van der Waals surface area contributed by atoms with Gasteiger partial charge in [-0.15, -0.1) is 0 Å². The van der Waals surface area contributed by atoms with Crippen molar-refractivity contribution in [3.05, 3.63) is 58.8 Å². The number of methoxy groups -OCH3 is 2. The summed E-state index contributed by atoms with van der Waals surface area (Å²) in [6, 6.07) is 10.7. The number of aliphatic imine (C=N–C) groups is 1. The fourth-order valence-corrected chi connectivity index (χ4v) is 5.47. The van der Waals surface area contributed by atoms with Crippen LogP contribution in [0.4, 0.5) is 0 Å². The Bertz CT molecular complexity index is 1300. The number of hydrogen-bond donors (Lipinski definition) is 1. The Balaban J connectivity index is 1.77. The Labute approximate surface area is 229 Å². The molecule has 0 bridgehead atoms. The van der Waals surface area contributed by atoms with Crippen LogP contribution in [0.1, 0.15) is 69.4 Å². The summed E-state index contributed by atoms with van der Waals surface area (Å²) in [4.78, 5) is 32.1. The quantitative estimate of drug-likeness (QED) is 0.306. The number of ether oxygens (including phenoxy) is 4. The van der Waals surface area contributed by atoms with E-state index in [2.05, 4.69) is 0 Å². The number of hydrogen-bond acceptors (Lipinski definition) is 8. The predicted octanol–water partition coefficient (Wildman–Crippen LogP) is 5.73. The van der Waals surface area contributed by atoms with Crippen molar-refractivity contribution in [3.8, 4) is 23.0 Å². The molecule has 1 unspecified atom stereocenters. The first-order chi connectivity index (χ1) is 18.8. The molecule has 0 amide bonds. The summed E-state index contributed by atoms with van der Waals surface area (Å²) in [7, 11) is 3.17. The van der Waals surface area contributed by atoms with Crippen LogP contribution in [0.15, 0.2) is 52.7 Å². The van der Waals surface area contributed by atoms with Gasteiger partial charge in [0, 0.05) is 29.3 Å². The molecule has 0 aromatic heterocycles. The first-order valence-electron chi connectivity index (χ1n) is 13.5. The number of Topliss-reactive ketones (excluding diaryl/α,β-unsaturated/α-hetero) is 1. The van der Waals surface area contributed by atoms with E-state index in [0.29, 0.717) is 59.4 Å². The third-order valence-corrected chi connectivity index (χ3v) is 7.41. The van der Waals surface area contributed by atoms with Crippen LogP contribution in [0.5, 0.6) is 23.0 Å². The van der Waals surface area contributed by atoms with Gasteiger partial charge in [-0.1, -0.05) is 25.5 Å². The van der Waals surface area contributed by atoms with E-state index < -0.39 is 17.8 Å². The zero-order chi connectivity index (χ0) is 28.1. The van der Waals surface area contributed by atoms with Crippen LogP contribution in [-0.2, 0) is 14.3 Å². The van der Waals surface area contributed by atoms with E-state index in [0.717, 1.165) is 18.4 Å². The van der Waals surface area contributed by atoms with Crippen LogP contribution in [0, 0.1) is 5.92 Å². The molecule has 2 aliphatic rings. The highest BCUT2D eigenvalue weighted by Gasteiger charge is 2.45. The van der Waals surface area contributed by atoms with E-state index in [-0.39, 0.29) is 23.9 Å². The van der Waals surface area contributed by atoms with Gasteiger partial charge in [-0.3, -0.25) is 14.6 Å². The Morgan fingerprint density at radius 2 is 1.72 bits per heavy atom. The highest BCUT2D eigenvalue weighted by molar-refractivity contribution is 6.09. The van der Waals surface area contributed by atoms with Crippen molar-refractivity contribution < 1.29 is 33.6 Å². The zero-order valence-electron chi connectivity index (χ0n) is 23.3. The number of allylic oxidation sites excluding steroid dienone is 2. The number of phenols is 1. The molecule has 208 valence electrons. The summed E-state index contributed by atoms with van der Waals surface area (Å²) in [5.74, 6) is -0.366. The van der Waals surface area contributed by atoms with Crippen LogP contribution >= 0.6 is 0 Å². The highest BCUT2D eigenvalue weighted by Crippen LogP contribution is 2.48. The number of aromatic hydroxyl groups is 1. The zero-order valence-corrected chi connectivity index (χ0v) is 23.3. The number of carbonyl (C=O) groups excluding carboxylic acids is 2. The second kappa shape index (κ2) is 12.4. The molecule has 2 aromatic carbocycles. The van der Waals surface area contributed by atoms with Crippen molar-refractivity contribution in [3.63, 3.8) is 0 Å². The van der Waals surface area contributed by atoms with Crippen molar-refractivity contribution >= 4 is 17.5 Å². The molecule has 0 spiro atoms. The fraction of sp³-hybridized carbons (Fsp3) is 0.452. The largest absolute Gasteiger partial charge is 0.504 e. The molecular formula is C31H37NO7. The van der Waals surface area contributed by atoms with Gasteiger partial charge < -0.3 is 24.1 Å². The molecule has 4 rings (SSSR count). The van der Waals surface area contributed by atoms with Gasteiger partial charge >= 0.3 is 5.97 Å². The lowest BCUT2D eigenvalue weighted by Crippen LogP contribution is -2.38. The van der Waals surface area contributed by atoms with Crippen molar-refractivity contribution in [2.75, 3.05) is 27.4 Å². The number of esters is 1. The van der Waals surface area contributed by atoms with Crippen LogP contribution < -0.4 is 14.2 Å². The summed E-state index contributed by atoms with van der Waals surface area (Å²) < 4.78 is 22.1. The van der Waals surface area contributed by atoms with Crippen molar-refractivity contribution in [1.82, 2.24) is 0 Å². The van der Waals surface area contributed by atoms with E-state index in [4.69, 9.17) is 23.9 Å². The lowest BCUT2D eigenvalue weighted by atomic mass is 9.69. The first-order valence-corrected chi connectivity index (χ1v) is 13.5. The molecule has 0 saturated heterocycles. The number of benzene rings is 2. The molecule has 0 saturated carbocycles. The Morgan fingerprint density at radius 3 is 2.41 bits per heavy atom. The average Bonchev–Trinajstić information content (AvgIpc) is 2.93. The summed E-state index contributed by atoms with van der Waals surface area (Å²) in [5.41, 5.74) is 3.47. The molecule has 1 N–H and O–H groups in total. The Hall–Kier alpha value is -3.81. The maximum atomic E-state index is 13.9. The number of rotatable bonds is 10. The molecular weight excluding hydrogens is 498 g/mol. The van der Waals surface area contributed by atoms with Gasteiger partial charge in [0.2, 0.25) is 0 Å². The fourth-order valence-electron chi connectivity index (χ4n) is 5.47. The van der Waals surface area contributed by atoms with Gasteiger partial charge in [-0.2, -0.15) is 0 Å². The highest BCUT2D eigenvalue weighted by atomic mass is 16.5. The minimum Gasteiger partial charge on any atom is -0.504 e. The van der Waals surface area contributed by atoms with E-state index in [1.807, 2.05) is 39.0 Å². The van der Waals surface area contributed by atoms with E-state index in [9.17, 15) is 14.7 Å². The SMILES string of the molecule is CCCCOC(=O)C1C(C)=NC2=C(C(=O)C[C@H](c3ccc(OC)c(OC)c3)C2)[C@H]1c1ccc(O)c(OCC)c1. The summed E-state index contributed by atoms with van der Waals surface area (Å²) >= 11 is 0. The molecule has 8 nitrogen and oxygen atoms in total.